The smallest absolute Gasteiger partial charge is 0.242 e. The van der Waals surface area contributed by atoms with Crippen molar-refractivity contribution in [2.45, 2.75) is 39.3 Å². The lowest BCUT2D eigenvalue weighted by atomic mass is 10.3. The van der Waals surface area contributed by atoms with Gasteiger partial charge in [-0.05, 0) is 57.5 Å². The van der Waals surface area contributed by atoms with E-state index in [1.165, 1.54) is 0 Å². The minimum atomic E-state index is -1.59. The van der Waals surface area contributed by atoms with E-state index in [1.54, 1.807) is 0 Å². The number of rotatable bonds is 4. The van der Waals surface area contributed by atoms with E-state index < -0.39 is 16.6 Å². The largest absolute Gasteiger partial charge is 0.542 e. The van der Waals surface area contributed by atoms with Crippen LogP contribution in [0.15, 0.2) is 18.2 Å². The van der Waals surface area contributed by atoms with Gasteiger partial charge in [-0.25, -0.2) is 0 Å². The third-order valence-electron chi connectivity index (χ3n) is 1.62. The Morgan fingerprint density at radius 1 is 0.875 bits per heavy atom. The van der Waals surface area contributed by atoms with Crippen molar-refractivity contribution in [1.82, 2.24) is 0 Å². The monoisotopic (exact) mass is 253 g/mol. The number of hydrogen-bond donors (Lipinski definition) is 0. The molecule has 0 aliphatic carbocycles. The first kappa shape index (κ1) is 13.3. The molecule has 1 aromatic rings. The van der Waals surface area contributed by atoms with Crippen LogP contribution < -0.4 is 8.85 Å². The summed E-state index contributed by atoms with van der Waals surface area (Å²) in [6.45, 7) is 13.0. The summed E-state index contributed by atoms with van der Waals surface area (Å²) in [6, 6.07) is 8.72. The second-order valence-electron chi connectivity index (χ2n) is 5.80. The predicted octanol–water partition coefficient (Wildman–Crippen LogP) is 3.91. The van der Waals surface area contributed by atoms with Crippen molar-refractivity contribution >= 4 is 16.6 Å². The Morgan fingerprint density at radius 2 is 1.38 bits per heavy atom. The molecule has 0 atom stereocenters. The maximum absolute atomic E-state index is 5.99. The summed E-state index contributed by atoms with van der Waals surface area (Å²) in [7, 11) is -3.17. The molecule has 0 N–H and O–H groups in total. The third-order valence-corrected chi connectivity index (χ3v) is 3.29. The summed E-state index contributed by atoms with van der Waals surface area (Å²) in [5.41, 5.74) is 0. The summed E-state index contributed by atoms with van der Waals surface area (Å²) in [6.07, 6.45) is 0. The molecule has 0 saturated carbocycles. The minimum Gasteiger partial charge on any atom is -0.542 e. The molecule has 1 radical (unpaired) electrons. The average Bonchev–Trinajstić information content (AvgIpc) is 2.03. The van der Waals surface area contributed by atoms with Gasteiger partial charge in [-0.2, -0.15) is 0 Å². The van der Waals surface area contributed by atoms with Crippen LogP contribution in [0.1, 0.15) is 0 Å². The zero-order valence-corrected chi connectivity index (χ0v) is 13.0. The van der Waals surface area contributed by atoms with Crippen LogP contribution in [-0.4, -0.2) is 16.6 Å². The molecule has 89 valence electrons. The van der Waals surface area contributed by atoms with Gasteiger partial charge >= 0.3 is 0 Å². The molecule has 0 spiro atoms. The predicted molar refractivity (Wildman–Crippen MR) is 73.2 cm³/mol. The molecule has 4 heteroatoms. The van der Waals surface area contributed by atoms with Gasteiger partial charge in [-0.1, -0.05) is 6.07 Å². The summed E-state index contributed by atoms with van der Waals surface area (Å²) in [5, 5.41) is 0. The summed E-state index contributed by atoms with van der Waals surface area (Å²) in [4.78, 5) is 0. The van der Waals surface area contributed by atoms with Gasteiger partial charge in [0.2, 0.25) is 16.6 Å². The average molecular weight is 253 g/mol. The quantitative estimate of drug-likeness (QED) is 0.757. The SMILES string of the molecule is C[Si](C)(C)Oc1c[c]ccc1O[Si](C)(C)C. The first-order valence-electron chi connectivity index (χ1n) is 5.55. The topological polar surface area (TPSA) is 18.5 Å². The standard InChI is InChI=1S/C12H21O2Si2/c1-15(2,3)13-11-9-7-8-10-12(11)14-16(4,5)6/h7,9-10H,1-6H3. The highest BCUT2D eigenvalue weighted by atomic mass is 28.4. The van der Waals surface area contributed by atoms with Crippen LogP contribution in [-0.2, 0) is 0 Å². The van der Waals surface area contributed by atoms with Gasteiger partial charge in [0.25, 0.3) is 0 Å². The lowest BCUT2D eigenvalue weighted by Crippen LogP contribution is -2.32. The maximum atomic E-state index is 5.99. The fourth-order valence-corrected chi connectivity index (χ4v) is 2.87. The number of benzene rings is 1. The zero-order chi connectivity index (χ0) is 12.4. The molecule has 0 bridgehead atoms. The van der Waals surface area contributed by atoms with Gasteiger partial charge in [-0.3, -0.25) is 0 Å². The number of hydrogen-bond acceptors (Lipinski definition) is 2. The Morgan fingerprint density at radius 3 is 1.88 bits per heavy atom. The van der Waals surface area contributed by atoms with Crippen LogP contribution in [0.2, 0.25) is 39.3 Å². The molecule has 16 heavy (non-hydrogen) atoms. The lowest BCUT2D eigenvalue weighted by molar-refractivity contribution is 0.489. The Kier molecular flexibility index (Phi) is 3.85. The molecular formula is C12H21O2Si2. The van der Waals surface area contributed by atoms with E-state index in [0.717, 1.165) is 11.5 Å². The van der Waals surface area contributed by atoms with Gasteiger partial charge in [0.1, 0.15) is 11.5 Å². The van der Waals surface area contributed by atoms with Crippen LogP contribution in [0.5, 0.6) is 11.5 Å². The fourth-order valence-electron chi connectivity index (χ4n) is 1.22. The minimum absolute atomic E-state index is 0.837. The van der Waals surface area contributed by atoms with Crippen molar-refractivity contribution in [3.8, 4) is 11.5 Å². The Labute approximate surface area is 101 Å². The van der Waals surface area contributed by atoms with Gasteiger partial charge in [0.15, 0.2) is 0 Å². The van der Waals surface area contributed by atoms with E-state index in [0.29, 0.717) is 0 Å². The van der Waals surface area contributed by atoms with E-state index in [9.17, 15) is 0 Å². The molecule has 1 aromatic carbocycles. The molecule has 0 amide bonds. The zero-order valence-electron chi connectivity index (χ0n) is 11.0. The second-order valence-corrected chi connectivity index (χ2v) is 14.7. The summed E-state index contributed by atoms with van der Waals surface area (Å²) in [5.74, 6) is 1.70. The van der Waals surface area contributed by atoms with Crippen LogP contribution in [0.4, 0.5) is 0 Å². The van der Waals surface area contributed by atoms with Crippen molar-refractivity contribution < 1.29 is 8.85 Å². The molecule has 2 nitrogen and oxygen atoms in total. The van der Waals surface area contributed by atoms with Crippen molar-refractivity contribution in [2.24, 2.45) is 0 Å². The third kappa shape index (κ3) is 4.85. The molecule has 0 aliphatic heterocycles. The van der Waals surface area contributed by atoms with E-state index in [4.69, 9.17) is 8.85 Å². The molecule has 0 aromatic heterocycles. The molecule has 0 unspecified atom stereocenters. The summed E-state index contributed by atoms with van der Waals surface area (Å²) >= 11 is 0. The van der Waals surface area contributed by atoms with Crippen LogP contribution in [0.25, 0.3) is 0 Å². The van der Waals surface area contributed by atoms with Crippen LogP contribution >= 0.6 is 0 Å². The van der Waals surface area contributed by atoms with Gasteiger partial charge in [-0.15, -0.1) is 0 Å². The maximum Gasteiger partial charge on any atom is 0.242 e. The van der Waals surface area contributed by atoms with Crippen LogP contribution in [0.3, 0.4) is 0 Å². The molecule has 0 aliphatic rings. The van der Waals surface area contributed by atoms with Crippen molar-refractivity contribution in [3.05, 3.63) is 24.3 Å². The van der Waals surface area contributed by atoms with Crippen molar-refractivity contribution in [1.29, 1.82) is 0 Å². The first-order valence-corrected chi connectivity index (χ1v) is 12.4. The fraction of sp³-hybridized carbons (Fsp3) is 0.500. The van der Waals surface area contributed by atoms with Gasteiger partial charge in [0, 0.05) is 0 Å². The Balaban J connectivity index is 2.92. The van der Waals surface area contributed by atoms with Gasteiger partial charge < -0.3 is 8.85 Å². The molecular weight excluding hydrogens is 232 g/mol. The molecule has 1 rings (SSSR count). The highest BCUT2D eigenvalue weighted by molar-refractivity contribution is 6.71. The van der Waals surface area contributed by atoms with E-state index in [1.807, 2.05) is 18.2 Å². The van der Waals surface area contributed by atoms with Crippen molar-refractivity contribution in [3.63, 3.8) is 0 Å². The van der Waals surface area contributed by atoms with Gasteiger partial charge in [0.05, 0.1) is 0 Å². The molecule has 0 fully saturated rings. The normalized spacial score (nSPS) is 12.4. The Bertz CT molecular complexity index is 316. The molecule has 0 saturated heterocycles. The van der Waals surface area contributed by atoms with E-state index in [2.05, 4.69) is 45.3 Å². The highest BCUT2D eigenvalue weighted by Crippen LogP contribution is 2.30. The summed E-state index contributed by atoms with van der Waals surface area (Å²) < 4.78 is 12.0. The van der Waals surface area contributed by atoms with E-state index >= 15 is 0 Å². The first-order chi connectivity index (χ1) is 7.17. The highest BCUT2D eigenvalue weighted by Gasteiger charge is 2.22. The Hall–Kier alpha value is -0.746. The van der Waals surface area contributed by atoms with Crippen molar-refractivity contribution in [2.75, 3.05) is 0 Å². The van der Waals surface area contributed by atoms with Crippen LogP contribution in [0, 0.1) is 6.07 Å². The van der Waals surface area contributed by atoms with E-state index in [-0.39, 0.29) is 0 Å². The lowest BCUT2D eigenvalue weighted by Gasteiger charge is -2.25. The second kappa shape index (κ2) is 4.63. The molecule has 0 heterocycles.